The highest BCUT2D eigenvalue weighted by molar-refractivity contribution is 7.13. The minimum absolute atomic E-state index is 0.0639. The zero-order chi connectivity index (χ0) is 17.8. The fourth-order valence-electron chi connectivity index (χ4n) is 2.73. The van der Waals surface area contributed by atoms with Crippen molar-refractivity contribution in [2.45, 2.75) is 26.8 Å². The second kappa shape index (κ2) is 7.49. The average Bonchev–Trinajstić information content (AvgIpc) is 3.02. The Labute approximate surface area is 151 Å². The summed E-state index contributed by atoms with van der Waals surface area (Å²) in [4.78, 5) is 16.8. The zero-order valence-corrected chi connectivity index (χ0v) is 15.4. The van der Waals surface area contributed by atoms with Crippen LogP contribution < -0.4 is 10.6 Å². The number of nitrogens with one attached hydrogen (secondary N) is 2. The number of aromatic nitrogens is 1. The molecule has 3 rings (SSSR count). The monoisotopic (exact) mass is 351 g/mol. The number of rotatable bonds is 4. The molecule has 0 radical (unpaired) electrons. The van der Waals surface area contributed by atoms with Gasteiger partial charge < -0.3 is 10.6 Å². The van der Waals surface area contributed by atoms with Crippen LogP contribution in [0.3, 0.4) is 0 Å². The second-order valence-electron chi connectivity index (χ2n) is 6.05. The summed E-state index contributed by atoms with van der Waals surface area (Å²) in [5.74, 6) is 0. The molecule has 4 nitrogen and oxygen atoms in total. The molecule has 1 unspecified atom stereocenters. The summed E-state index contributed by atoms with van der Waals surface area (Å²) in [6.45, 7) is 6.00. The number of nitrogens with zero attached hydrogens (tertiary/aromatic N) is 1. The third-order valence-electron chi connectivity index (χ3n) is 3.99. The van der Waals surface area contributed by atoms with Crippen LogP contribution in [0.1, 0.15) is 29.8 Å². The molecular formula is C20H21N3OS. The molecule has 25 heavy (non-hydrogen) atoms. The minimum atomic E-state index is -0.219. The standard InChI is InChI=1S/C20H21N3OS/c1-13-7-4-5-10-18(13)15(3)22-20(24)23-17-9-6-8-16(11-17)19-21-14(2)12-25-19/h4-12,15H,1-3H3,(H2,22,23,24). The summed E-state index contributed by atoms with van der Waals surface area (Å²) in [7, 11) is 0. The van der Waals surface area contributed by atoms with Crippen molar-refractivity contribution in [2.75, 3.05) is 5.32 Å². The van der Waals surface area contributed by atoms with E-state index in [1.807, 2.05) is 74.7 Å². The molecule has 0 bridgehead atoms. The third-order valence-corrected chi connectivity index (χ3v) is 5.00. The molecule has 0 aliphatic rings. The first-order valence-electron chi connectivity index (χ1n) is 8.18. The van der Waals surface area contributed by atoms with Crippen LogP contribution in [0.25, 0.3) is 10.6 Å². The van der Waals surface area contributed by atoms with Crippen molar-refractivity contribution in [3.63, 3.8) is 0 Å². The largest absolute Gasteiger partial charge is 0.331 e. The summed E-state index contributed by atoms with van der Waals surface area (Å²) >= 11 is 1.60. The number of carbonyl (C=O) groups is 1. The fourth-order valence-corrected chi connectivity index (χ4v) is 3.53. The molecule has 2 N–H and O–H groups in total. The van der Waals surface area contributed by atoms with E-state index in [0.29, 0.717) is 0 Å². The average molecular weight is 351 g/mol. The van der Waals surface area contributed by atoms with Crippen molar-refractivity contribution < 1.29 is 4.79 Å². The lowest BCUT2D eigenvalue weighted by molar-refractivity contribution is 0.249. The molecule has 0 aliphatic carbocycles. The van der Waals surface area contributed by atoms with Crippen LogP contribution in [0.5, 0.6) is 0 Å². The number of thiazole rings is 1. The maximum absolute atomic E-state index is 12.3. The highest BCUT2D eigenvalue weighted by Gasteiger charge is 2.12. The normalized spacial score (nSPS) is 11.8. The molecule has 3 aromatic rings. The summed E-state index contributed by atoms with van der Waals surface area (Å²) in [5.41, 5.74) is 5.03. The fraction of sp³-hybridized carbons (Fsp3) is 0.200. The molecule has 5 heteroatoms. The van der Waals surface area contributed by atoms with Gasteiger partial charge >= 0.3 is 6.03 Å². The number of anilines is 1. The van der Waals surface area contributed by atoms with Gasteiger partial charge in [-0.05, 0) is 44.0 Å². The molecule has 0 aliphatic heterocycles. The Morgan fingerprint density at radius 1 is 1.12 bits per heavy atom. The van der Waals surface area contributed by atoms with E-state index in [9.17, 15) is 4.79 Å². The van der Waals surface area contributed by atoms with Crippen LogP contribution in [0.4, 0.5) is 10.5 Å². The Bertz CT molecular complexity index is 888. The molecule has 0 fully saturated rings. The molecule has 128 valence electrons. The molecule has 0 saturated heterocycles. The van der Waals surface area contributed by atoms with E-state index in [2.05, 4.69) is 15.6 Å². The van der Waals surface area contributed by atoms with Crippen LogP contribution in [0.2, 0.25) is 0 Å². The Balaban J connectivity index is 1.68. The zero-order valence-electron chi connectivity index (χ0n) is 14.5. The van der Waals surface area contributed by atoms with Gasteiger partial charge in [0.15, 0.2) is 0 Å². The molecule has 0 spiro atoms. The lowest BCUT2D eigenvalue weighted by atomic mass is 10.0. The van der Waals surface area contributed by atoms with Crippen molar-refractivity contribution in [3.05, 3.63) is 70.7 Å². The molecule has 1 aromatic heterocycles. The van der Waals surface area contributed by atoms with Crippen LogP contribution in [0, 0.1) is 13.8 Å². The van der Waals surface area contributed by atoms with E-state index >= 15 is 0 Å². The number of hydrogen-bond donors (Lipinski definition) is 2. The molecule has 2 amide bonds. The Morgan fingerprint density at radius 3 is 2.64 bits per heavy atom. The Kier molecular flexibility index (Phi) is 5.14. The van der Waals surface area contributed by atoms with Crippen LogP contribution in [-0.4, -0.2) is 11.0 Å². The van der Waals surface area contributed by atoms with E-state index in [1.54, 1.807) is 11.3 Å². The van der Waals surface area contributed by atoms with Crippen molar-refractivity contribution in [1.82, 2.24) is 10.3 Å². The van der Waals surface area contributed by atoms with Gasteiger partial charge in [-0.2, -0.15) is 0 Å². The number of aryl methyl sites for hydroxylation is 2. The molecule has 2 aromatic carbocycles. The summed E-state index contributed by atoms with van der Waals surface area (Å²) in [6.07, 6.45) is 0. The summed E-state index contributed by atoms with van der Waals surface area (Å²) < 4.78 is 0. The van der Waals surface area contributed by atoms with Gasteiger partial charge in [0.1, 0.15) is 5.01 Å². The summed E-state index contributed by atoms with van der Waals surface area (Å²) in [6, 6.07) is 15.5. The first-order chi connectivity index (χ1) is 12.0. The van der Waals surface area contributed by atoms with Crippen LogP contribution in [0.15, 0.2) is 53.9 Å². The first-order valence-corrected chi connectivity index (χ1v) is 9.06. The van der Waals surface area contributed by atoms with Gasteiger partial charge in [0.2, 0.25) is 0 Å². The van der Waals surface area contributed by atoms with E-state index in [0.717, 1.165) is 33.1 Å². The highest BCUT2D eigenvalue weighted by Crippen LogP contribution is 2.26. The SMILES string of the molecule is Cc1csc(-c2cccc(NC(=O)NC(C)c3ccccc3C)c2)n1. The molecule has 0 saturated carbocycles. The molecular weight excluding hydrogens is 330 g/mol. The number of hydrogen-bond acceptors (Lipinski definition) is 3. The lowest BCUT2D eigenvalue weighted by Gasteiger charge is -2.17. The van der Waals surface area contributed by atoms with Gasteiger partial charge in [0.25, 0.3) is 0 Å². The second-order valence-corrected chi connectivity index (χ2v) is 6.91. The van der Waals surface area contributed by atoms with Gasteiger partial charge in [-0.15, -0.1) is 11.3 Å². The number of amides is 2. The predicted octanol–water partition coefficient (Wildman–Crippen LogP) is 5.31. The van der Waals surface area contributed by atoms with Gasteiger partial charge in [-0.3, -0.25) is 0 Å². The van der Waals surface area contributed by atoms with E-state index in [-0.39, 0.29) is 12.1 Å². The van der Waals surface area contributed by atoms with E-state index < -0.39 is 0 Å². The third kappa shape index (κ3) is 4.25. The maximum atomic E-state index is 12.3. The van der Waals surface area contributed by atoms with E-state index in [1.165, 1.54) is 0 Å². The van der Waals surface area contributed by atoms with Crippen LogP contribution >= 0.6 is 11.3 Å². The summed E-state index contributed by atoms with van der Waals surface area (Å²) in [5, 5.41) is 8.86. The van der Waals surface area contributed by atoms with Crippen molar-refractivity contribution in [2.24, 2.45) is 0 Å². The highest BCUT2D eigenvalue weighted by atomic mass is 32.1. The number of benzene rings is 2. The number of carbonyl (C=O) groups excluding carboxylic acids is 1. The predicted molar refractivity (Wildman–Crippen MR) is 104 cm³/mol. The minimum Gasteiger partial charge on any atom is -0.331 e. The topological polar surface area (TPSA) is 54.0 Å². The number of urea groups is 1. The van der Waals surface area contributed by atoms with Gasteiger partial charge in [0, 0.05) is 22.3 Å². The van der Waals surface area contributed by atoms with Crippen LogP contribution in [-0.2, 0) is 0 Å². The van der Waals surface area contributed by atoms with Crippen molar-refractivity contribution in [1.29, 1.82) is 0 Å². The van der Waals surface area contributed by atoms with Gasteiger partial charge in [-0.25, -0.2) is 9.78 Å². The molecule has 1 heterocycles. The molecule has 1 atom stereocenters. The van der Waals surface area contributed by atoms with E-state index in [4.69, 9.17) is 0 Å². The smallest absolute Gasteiger partial charge is 0.319 e. The maximum Gasteiger partial charge on any atom is 0.319 e. The van der Waals surface area contributed by atoms with Crippen molar-refractivity contribution >= 4 is 23.1 Å². The Morgan fingerprint density at radius 2 is 1.92 bits per heavy atom. The van der Waals surface area contributed by atoms with Crippen molar-refractivity contribution in [3.8, 4) is 10.6 Å². The first kappa shape index (κ1) is 17.2. The van der Waals surface area contributed by atoms with Gasteiger partial charge in [-0.1, -0.05) is 36.4 Å². The Hall–Kier alpha value is -2.66. The van der Waals surface area contributed by atoms with Gasteiger partial charge in [0.05, 0.1) is 6.04 Å². The quantitative estimate of drug-likeness (QED) is 0.669. The lowest BCUT2D eigenvalue weighted by Crippen LogP contribution is -2.31.